The summed E-state index contributed by atoms with van der Waals surface area (Å²) < 4.78 is 33.6. The third-order valence-corrected chi connectivity index (χ3v) is 8.38. The van der Waals surface area contributed by atoms with E-state index < -0.39 is 9.84 Å². The first-order valence-corrected chi connectivity index (χ1v) is 12.7. The first-order valence-electron chi connectivity index (χ1n) is 9.40. The zero-order valence-electron chi connectivity index (χ0n) is 16.3. The second-order valence-corrected chi connectivity index (χ2v) is 11.0. The average molecular weight is 471 g/mol. The van der Waals surface area contributed by atoms with Gasteiger partial charge >= 0.3 is 180 Å². The summed E-state index contributed by atoms with van der Waals surface area (Å²) in [7, 11) is -3.49. The van der Waals surface area contributed by atoms with Crippen LogP contribution in [0, 0.1) is 6.92 Å². The molecule has 0 aliphatic heterocycles. The average Bonchev–Trinajstić information content (AvgIpc) is 2.73. The molecule has 3 aromatic rings. The zero-order valence-corrected chi connectivity index (χ0v) is 18.9. The Hall–Kier alpha value is -2.17. The number of hydrogen-bond acceptors (Lipinski definition) is 3. The Balaban J connectivity index is 1.73. The Bertz CT molecular complexity index is 1030. The van der Waals surface area contributed by atoms with Gasteiger partial charge in [0.1, 0.15) is 0 Å². The fourth-order valence-electron chi connectivity index (χ4n) is 2.68. The Morgan fingerprint density at radius 3 is 2.17 bits per heavy atom. The molecule has 5 heteroatoms. The van der Waals surface area contributed by atoms with Gasteiger partial charge in [0.2, 0.25) is 0 Å². The van der Waals surface area contributed by atoms with E-state index in [1.165, 1.54) is 5.41 Å². The molecule has 0 unspecified atom stereocenters. The molecule has 0 radical (unpaired) electrons. The number of ether oxygens (including phenoxy) is 1. The molecule has 3 aromatic carbocycles. The first kappa shape index (κ1) is 21.5. The fourth-order valence-corrected chi connectivity index (χ4v) is 6.58. The van der Waals surface area contributed by atoms with Crippen molar-refractivity contribution < 1.29 is 13.2 Å². The van der Waals surface area contributed by atoms with Gasteiger partial charge in [0, 0.05) is 0 Å². The molecule has 0 saturated carbocycles. The molecule has 0 heterocycles. The number of aryl methyl sites for hydroxylation is 1. The van der Waals surface area contributed by atoms with Crippen LogP contribution in [0.15, 0.2) is 99.7 Å². The normalized spacial score (nSPS) is 12.1. The fraction of sp³-hybridized carbons (Fsp3) is 0.167. The van der Waals surface area contributed by atoms with Crippen LogP contribution in [-0.4, -0.2) is 30.0 Å². The number of hydrogen-bond donors (Lipinski definition) is 0. The van der Waals surface area contributed by atoms with Crippen molar-refractivity contribution in [3.8, 4) is 0 Å². The second kappa shape index (κ2) is 10.6. The van der Waals surface area contributed by atoms with Crippen LogP contribution in [0.2, 0.25) is 0 Å². The van der Waals surface area contributed by atoms with Gasteiger partial charge < -0.3 is 0 Å². The van der Waals surface area contributed by atoms with Gasteiger partial charge in [-0.2, -0.15) is 0 Å². The monoisotopic (exact) mass is 472 g/mol. The maximum atomic E-state index is 12.9. The summed E-state index contributed by atoms with van der Waals surface area (Å²) in [6.07, 6.45) is 0.590. The van der Waals surface area contributed by atoms with E-state index in [2.05, 4.69) is 0 Å². The molecule has 0 amide bonds. The molecule has 0 saturated heterocycles. The first-order chi connectivity index (χ1) is 14.0. The van der Waals surface area contributed by atoms with Gasteiger partial charge in [-0.25, -0.2) is 0 Å². The van der Waals surface area contributed by atoms with E-state index in [-0.39, 0.29) is 15.0 Å². The van der Waals surface area contributed by atoms with Crippen molar-refractivity contribution in [3.63, 3.8) is 0 Å². The van der Waals surface area contributed by atoms with Crippen LogP contribution in [-0.2, 0) is 21.2 Å². The molecule has 3 rings (SSSR count). The summed E-state index contributed by atoms with van der Waals surface area (Å²) in [5.41, 5.74) is 2.15. The topological polar surface area (TPSA) is 43.4 Å². The molecule has 150 valence electrons. The van der Waals surface area contributed by atoms with Crippen LogP contribution >= 0.6 is 0 Å². The Labute approximate surface area is 179 Å². The van der Waals surface area contributed by atoms with Gasteiger partial charge in [0.05, 0.1) is 0 Å². The predicted octanol–water partition coefficient (Wildman–Crippen LogP) is 4.25. The van der Waals surface area contributed by atoms with Gasteiger partial charge in [-0.1, -0.05) is 0 Å². The van der Waals surface area contributed by atoms with Gasteiger partial charge in [0.15, 0.2) is 0 Å². The second-order valence-electron chi connectivity index (χ2n) is 6.65. The molecular formula is C24H24O3SSe. The summed E-state index contributed by atoms with van der Waals surface area (Å²) >= 11 is -0.0743. The predicted molar refractivity (Wildman–Crippen MR) is 119 cm³/mol. The van der Waals surface area contributed by atoms with E-state index in [0.717, 1.165) is 20.1 Å². The Kier molecular flexibility index (Phi) is 7.84. The quantitative estimate of drug-likeness (QED) is 0.346. The minimum absolute atomic E-state index is 0.0743. The third-order valence-electron chi connectivity index (χ3n) is 4.23. The van der Waals surface area contributed by atoms with Crippen LogP contribution in [0.4, 0.5) is 0 Å². The van der Waals surface area contributed by atoms with Crippen LogP contribution < -0.4 is 4.46 Å². The summed E-state index contributed by atoms with van der Waals surface area (Å²) in [5, 5.41) is 1.44. The summed E-state index contributed by atoms with van der Waals surface area (Å²) in [5.74, 6) is 0. The van der Waals surface area contributed by atoms with E-state index in [4.69, 9.17) is 4.74 Å². The molecule has 0 spiro atoms. The SMILES string of the molecule is Cc1ccc(S(=O)(=O)/C=C(\CCOCc2ccccc2)[Se]c2ccccc2)cc1. The summed E-state index contributed by atoms with van der Waals surface area (Å²) in [6, 6.07) is 27.0. The third kappa shape index (κ3) is 6.98. The standard InChI is InChI=1S/C24H24O3SSe/c1-20-12-14-22(15-13-20)28(25,26)19-24(29-23-10-6-3-7-11-23)16-17-27-18-21-8-4-2-5-9-21/h2-15,19H,16-18H2,1H3/b24-19+. The number of rotatable bonds is 9. The molecule has 0 bridgehead atoms. The van der Waals surface area contributed by atoms with Crippen molar-refractivity contribution in [1.82, 2.24) is 0 Å². The molecule has 0 aromatic heterocycles. The maximum absolute atomic E-state index is 12.9. The van der Waals surface area contributed by atoms with Gasteiger partial charge in [-0.15, -0.1) is 0 Å². The molecule has 3 nitrogen and oxygen atoms in total. The number of sulfone groups is 1. The molecule has 0 aliphatic rings. The molecule has 0 atom stereocenters. The van der Waals surface area contributed by atoms with Gasteiger partial charge in [-0.05, 0) is 0 Å². The van der Waals surface area contributed by atoms with Gasteiger partial charge in [-0.3, -0.25) is 0 Å². The molecule has 29 heavy (non-hydrogen) atoms. The molecule has 0 fully saturated rings. The van der Waals surface area contributed by atoms with Crippen LogP contribution in [0.3, 0.4) is 0 Å². The van der Waals surface area contributed by atoms with Crippen molar-refractivity contribution in [3.05, 3.63) is 106 Å². The summed E-state index contributed by atoms with van der Waals surface area (Å²) in [4.78, 5) is 0.328. The Morgan fingerprint density at radius 1 is 0.897 bits per heavy atom. The van der Waals surface area contributed by atoms with Gasteiger partial charge in [0.25, 0.3) is 0 Å². The van der Waals surface area contributed by atoms with E-state index >= 15 is 0 Å². The molecule has 0 aliphatic carbocycles. The van der Waals surface area contributed by atoms with Crippen LogP contribution in [0.25, 0.3) is 0 Å². The minimum atomic E-state index is -3.49. The number of benzene rings is 3. The van der Waals surface area contributed by atoms with Crippen molar-refractivity contribution >= 4 is 29.3 Å². The van der Waals surface area contributed by atoms with Crippen LogP contribution in [0.1, 0.15) is 17.5 Å². The summed E-state index contributed by atoms with van der Waals surface area (Å²) in [6.45, 7) is 2.95. The molecule has 0 N–H and O–H groups in total. The van der Waals surface area contributed by atoms with E-state index in [1.807, 2.05) is 79.7 Å². The Morgan fingerprint density at radius 2 is 1.52 bits per heavy atom. The van der Waals surface area contributed by atoms with Crippen LogP contribution in [0.5, 0.6) is 0 Å². The van der Waals surface area contributed by atoms with Crippen molar-refractivity contribution in [1.29, 1.82) is 0 Å². The van der Waals surface area contributed by atoms with Crippen molar-refractivity contribution in [2.75, 3.05) is 6.61 Å². The zero-order chi connectivity index (χ0) is 20.5. The van der Waals surface area contributed by atoms with Crippen molar-refractivity contribution in [2.45, 2.75) is 24.8 Å². The van der Waals surface area contributed by atoms with E-state index in [0.29, 0.717) is 24.5 Å². The van der Waals surface area contributed by atoms with Crippen molar-refractivity contribution in [2.24, 2.45) is 0 Å². The molecular weight excluding hydrogens is 447 g/mol. The van der Waals surface area contributed by atoms with E-state index in [9.17, 15) is 8.42 Å². The van der Waals surface area contributed by atoms with E-state index in [1.54, 1.807) is 12.1 Å².